The molecule has 7 nitrogen and oxygen atoms in total. The molecule has 0 aromatic heterocycles. The van der Waals surface area contributed by atoms with Crippen LogP contribution >= 0.6 is 0 Å². The molecule has 0 saturated heterocycles. The Morgan fingerprint density at radius 2 is 1.74 bits per heavy atom. The molecule has 0 amide bonds. The summed E-state index contributed by atoms with van der Waals surface area (Å²) < 4.78 is 49.2. The second-order valence-corrected chi connectivity index (χ2v) is 5.26. The first-order valence-corrected chi connectivity index (χ1v) is 7.39. The summed E-state index contributed by atoms with van der Waals surface area (Å²) in [6, 6.07) is 9.62. The second kappa shape index (κ2) is 7.85. The molecule has 0 aliphatic heterocycles. The summed E-state index contributed by atoms with van der Waals surface area (Å²) in [6.45, 7) is 0.588. The third-order valence-electron chi connectivity index (χ3n) is 3.30. The summed E-state index contributed by atoms with van der Waals surface area (Å²) in [5, 5.41) is 11.4. The number of hydrogen-bond acceptors (Lipinski definition) is 6. The molecule has 0 saturated carbocycles. The lowest BCUT2D eigenvalue weighted by molar-refractivity contribution is -0.387. The van der Waals surface area contributed by atoms with E-state index in [4.69, 9.17) is 4.74 Å². The Hall–Kier alpha value is -3.43. The minimum atomic E-state index is -5.06. The number of Topliss-reactive ketones (excluding diaryl/α,β-unsaturated/α-hetero) is 1. The van der Waals surface area contributed by atoms with Gasteiger partial charge in [-0.1, -0.05) is 30.3 Å². The fourth-order valence-corrected chi connectivity index (χ4v) is 2.07. The van der Waals surface area contributed by atoms with Crippen LogP contribution in [-0.4, -0.2) is 16.7 Å². The molecule has 0 bridgehead atoms. The second-order valence-electron chi connectivity index (χ2n) is 5.26. The molecule has 2 rings (SSSR count). The maximum atomic E-state index is 13.2. The summed E-state index contributed by atoms with van der Waals surface area (Å²) >= 11 is 0. The summed E-state index contributed by atoms with van der Waals surface area (Å²) in [6.07, 6.45) is -5.06. The van der Waals surface area contributed by atoms with Crippen molar-refractivity contribution in [2.75, 3.05) is 0 Å². The molecular formula is C17H12F3NO6. The number of ether oxygens (including phenoxy) is 2. The lowest BCUT2D eigenvalue weighted by atomic mass is 10.1. The Balaban J connectivity index is 2.52. The maximum Gasteiger partial charge on any atom is 0.420 e. The topological polar surface area (TPSA) is 95.7 Å². The monoisotopic (exact) mass is 383 g/mol. The van der Waals surface area contributed by atoms with E-state index in [1.54, 1.807) is 30.3 Å². The lowest BCUT2D eigenvalue weighted by Crippen LogP contribution is -2.20. The van der Waals surface area contributed by atoms with Crippen molar-refractivity contribution in [3.05, 3.63) is 63.7 Å². The van der Waals surface area contributed by atoms with E-state index < -0.39 is 45.6 Å². The molecule has 2 aromatic carbocycles. The number of benzene rings is 2. The summed E-state index contributed by atoms with van der Waals surface area (Å²) in [4.78, 5) is 32.7. The molecule has 0 atom stereocenters. The van der Waals surface area contributed by atoms with Gasteiger partial charge in [-0.3, -0.25) is 14.9 Å². The van der Waals surface area contributed by atoms with E-state index in [0.29, 0.717) is 11.6 Å². The Labute approximate surface area is 150 Å². The highest BCUT2D eigenvalue weighted by atomic mass is 19.4. The molecule has 0 fully saturated rings. The molecule has 0 heterocycles. The third-order valence-corrected chi connectivity index (χ3v) is 3.30. The summed E-state index contributed by atoms with van der Waals surface area (Å²) in [7, 11) is 0. The van der Waals surface area contributed by atoms with Crippen LogP contribution in [-0.2, 0) is 22.4 Å². The van der Waals surface area contributed by atoms with Crippen LogP contribution in [0.15, 0.2) is 42.5 Å². The molecule has 0 unspecified atom stereocenters. The van der Waals surface area contributed by atoms with Crippen molar-refractivity contribution in [2.24, 2.45) is 0 Å². The molecule has 2 aromatic rings. The van der Waals surface area contributed by atoms with Gasteiger partial charge in [-0.25, -0.2) is 4.79 Å². The number of nitro benzene ring substituents is 1. The third kappa shape index (κ3) is 4.81. The summed E-state index contributed by atoms with van der Waals surface area (Å²) in [5.41, 5.74) is -2.17. The highest BCUT2D eigenvalue weighted by molar-refractivity contribution is 6.33. The molecule has 0 aliphatic rings. The van der Waals surface area contributed by atoms with Crippen LogP contribution in [0.1, 0.15) is 18.1 Å². The quantitative estimate of drug-likeness (QED) is 0.248. The number of nitro groups is 1. The van der Waals surface area contributed by atoms with E-state index in [1.165, 1.54) is 0 Å². The Bertz CT molecular complexity index is 880. The molecule has 0 radical (unpaired) electrons. The van der Waals surface area contributed by atoms with Crippen molar-refractivity contribution in [1.29, 1.82) is 0 Å². The van der Waals surface area contributed by atoms with E-state index >= 15 is 0 Å². The van der Waals surface area contributed by atoms with Crippen LogP contribution in [0.5, 0.6) is 11.5 Å². The molecule has 142 valence electrons. The predicted octanol–water partition coefficient (Wildman–Crippen LogP) is 3.69. The van der Waals surface area contributed by atoms with E-state index in [1.807, 2.05) is 0 Å². The zero-order chi connectivity index (χ0) is 20.2. The fraction of sp³-hybridized carbons (Fsp3) is 0.176. The number of carbonyl (C=O) groups excluding carboxylic acids is 2. The van der Waals surface area contributed by atoms with Gasteiger partial charge in [-0.15, -0.1) is 0 Å². The average molecular weight is 383 g/mol. The van der Waals surface area contributed by atoms with Crippen molar-refractivity contribution < 1.29 is 37.2 Å². The van der Waals surface area contributed by atoms with E-state index in [9.17, 15) is 32.9 Å². The number of hydrogen-bond donors (Lipinski definition) is 0. The number of ketones is 1. The van der Waals surface area contributed by atoms with Gasteiger partial charge in [-0.05, 0) is 17.7 Å². The van der Waals surface area contributed by atoms with Crippen molar-refractivity contribution >= 4 is 17.4 Å². The first-order chi connectivity index (χ1) is 12.6. The van der Waals surface area contributed by atoms with Gasteiger partial charge in [0.2, 0.25) is 17.3 Å². The van der Waals surface area contributed by atoms with Crippen molar-refractivity contribution in [2.45, 2.75) is 19.7 Å². The number of rotatable bonds is 6. The van der Waals surface area contributed by atoms with E-state index in [0.717, 1.165) is 13.0 Å². The molecule has 27 heavy (non-hydrogen) atoms. The highest BCUT2D eigenvalue weighted by Crippen LogP contribution is 2.46. The Morgan fingerprint density at radius 1 is 1.11 bits per heavy atom. The zero-order valence-corrected chi connectivity index (χ0v) is 13.8. The molecule has 0 N–H and O–H groups in total. The van der Waals surface area contributed by atoms with Gasteiger partial charge in [0.25, 0.3) is 0 Å². The predicted molar refractivity (Wildman–Crippen MR) is 85.2 cm³/mol. The van der Waals surface area contributed by atoms with Gasteiger partial charge in [0.1, 0.15) is 12.2 Å². The van der Waals surface area contributed by atoms with Crippen molar-refractivity contribution in [3.8, 4) is 11.5 Å². The normalized spacial score (nSPS) is 11.0. The van der Waals surface area contributed by atoms with Crippen molar-refractivity contribution in [1.82, 2.24) is 0 Å². The smallest absolute Gasteiger partial charge is 0.420 e. The first-order valence-electron chi connectivity index (χ1n) is 7.39. The Kier molecular flexibility index (Phi) is 5.78. The maximum absolute atomic E-state index is 13.2. The van der Waals surface area contributed by atoms with Gasteiger partial charge in [0.05, 0.1) is 4.92 Å². The van der Waals surface area contributed by atoms with Crippen LogP contribution in [0.2, 0.25) is 0 Å². The van der Waals surface area contributed by atoms with Gasteiger partial charge >= 0.3 is 17.8 Å². The van der Waals surface area contributed by atoms with Crippen molar-refractivity contribution in [3.63, 3.8) is 0 Å². The minimum absolute atomic E-state index is 0.173. The first kappa shape index (κ1) is 19.9. The molecule has 0 aliphatic carbocycles. The number of alkyl halides is 3. The van der Waals surface area contributed by atoms with E-state index in [-0.39, 0.29) is 6.61 Å². The van der Waals surface area contributed by atoms with E-state index in [2.05, 4.69) is 4.74 Å². The van der Waals surface area contributed by atoms with Gasteiger partial charge in [-0.2, -0.15) is 13.2 Å². The SMILES string of the molecule is CC(=O)C(=O)Oc1c(C(F)(F)F)ccc(OCc2ccccc2)c1[N+](=O)[O-]. The van der Waals surface area contributed by atoms with Crippen LogP contribution < -0.4 is 9.47 Å². The Morgan fingerprint density at radius 3 is 2.26 bits per heavy atom. The van der Waals surface area contributed by atoms with Gasteiger partial charge in [0, 0.05) is 6.92 Å². The van der Waals surface area contributed by atoms with Crippen LogP contribution in [0.25, 0.3) is 0 Å². The zero-order valence-electron chi connectivity index (χ0n) is 13.8. The minimum Gasteiger partial charge on any atom is -0.482 e. The number of nitrogens with zero attached hydrogens (tertiary/aromatic N) is 1. The lowest BCUT2D eigenvalue weighted by Gasteiger charge is -2.15. The molecular weight excluding hydrogens is 371 g/mol. The largest absolute Gasteiger partial charge is 0.482 e. The van der Waals surface area contributed by atoms with Crippen LogP contribution in [0.4, 0.5) is 18.9 Å². The number of esters is 1. The number of carbonyl (C=O) groups is 2. The highest BCUT2D eigenvalue weighted by Gasteiger charge is 2.41. The van der Waals surface area contributed by atoms with Crippen LogP contribution in [0, 0.1) is 10.1 Å². The molecule has 10 heteroatoms. The standard InChI is InChI=1S/C17H12F3NO6/c1-10(22)16(23)27-15-12(17(18,19)20)7-8-13(14(15)21(24)25)26-9-11-5-3-2-4-6-11/h2-8H,9H2,1H3. The average Bonchev–Trinajstić information content (AvgIpc) is 2.59. The molecule has 0 spiro atoms. The van der Waals surface area contributed by atoms with Gasteiger partial charge < -0.3 is 9.47 Å². The van der Waals surface area contributed by atoms with Crippen LogP contribution in [0.3, 0.4) is 0 Å². The number of halogens is 3. The fourth-order valence-electron chi connectivity index (χ4n) is 2.07. The van der Waals surface area contributed by atoms with Gasteiger partial charge in [0.15, 0.2) is 0 Å². The summed E-state index contributed by atoms with van der Waals surface area (Å²) in [5.74, 6) is -4.81.